The molecule has 0 unspecified atom stereocenters. The highest BCUT2D eigenvalue weighted by Crippen LogP contribution is 3.02. The van der Waals surface area contributed by atoms with E-state index in [4.69, 9.17) is 5.73 Å². The van der Waals surface area contributed by atoms with Crippen LogP contribution < -0.4 is 5.73 Å². The van der Waals surface area contributed by atoms with Crippen molar-refractivity contribution in [1.82, 2.24) is 0 Å². The average molecular weight is 399 g/mol. The van der Waals surface area contributed by atoms with E-state index in [1.165, 1.54) is 12.1 Å². The van der Waals surface area contributed by atoms with Crippen LogP contribution in [0.5, 0.6) is 0 Å². The fraction of sp³-hybridized carbons (Fsp3) is 0. The van der Waals surface area contributed by atoms with E-state index in [9.17, 15) is 24.2 Å². The van der Waals surface area contributed by atoms with E-state index in [0.717, 1.165) is 11.1 Å². The molecule has 3 aromatic rings. The molecule has 0 bridgehead atoms. The standard InChI is InChI=1S/C19H14F5NOS/c20-27(21,22,23,24)16-10-11-18(25)17(12-16)19(26)15-8-6-14(7-9-15)13-4-2-1-3-5-13/h1-12H,25H2. The van der Waals surface area contributed by atoms with Gasteiger partial charge >= 0.3 is 10.2 Å². The molecule has 0 aliphatic carbocycles. The summed E-state index contributed by atoms with van der Waals surface area (Å²) in [6, 6.07) is 16.2. The lowest BCUT2D eigenvalue weighted by molar-refractivity contribution is 0.103. The first-order chi connectivity index (χ1) is 12.3. The average Bonchev–Trinajstić information content (AvgIpc) is 2.60. The van der Waals surface area contributed by atoms with E-state index >= 15 is 0 Å². The number of nitrogens with two attached hydrogens (primary N) is 1. The lowest BCUT2D eigenvalue weighted by Crippen LogP contribution is -2.11. The Morgan fingerprint density at radius 3 is 1.85 bits per heavy atom. The Hall–Kier alpha value is -2.87. The first-order valence-electron chi connectivity index (χ1n) is 7.69. The Morgan fingerprint density at radius 1 is 0.741 bits per heavy atom. The van der Waals surface area contributed by atoms with Gasteiger partial charge in [0.05, 0.1) is 0 Å². The molecular weight excluding hydrogens is 385 g/mol. The second-order valence-corrected chi connectivity index (χ2v) is 8.40. The highest BCUT2D eigenvalue weighted by atomic mass is 32.5. The normalized spacial score (nSPS) is 14.3. The highest BCUT2D eigenvalue weighted by molar-refractivity contribution is 8.45. The van der Waals surface area contributed by atoms with Gasteiger partial charge in [-0.3, -0.25) is 4.79 Å². The van der Waals surface area contributed by atoms with E-state index in [-0.39, 0.29) is 23.4 Å². The number of carbonyl (C=O) groups excluding carboxylic acids is 1. The van der Waals surface area contributed by atoms with Gasteiger partial charge in [-0.1, -0.05) is 74.0 Å². The maximum absolute atomic E-state index is 13.0. The minimum Gasteiger partial charge on any atom is -0.398 e. The molecule has 3 aromatic carbocycles. The van der Waals surface area contributed by atoms with Crippen molar-refractivity contribution in [2.75, 3.05) is 5.73 Å². The minimum atomic E-state index is -9.91. The van der Waals surface area contributed by atoms with Crippen molar-refractivity contribution in [1.29, 1.82) is 0 Å². The van der Waals surface area contributed by atoms with E-state index < -0.39 is 26.5 Å². The van der Waals surface area contributed by atoms with Crippen molar-refractivity contribution in [3.8, 4) is 11.1 Å². The van der Waals surface area contributed by atoms with Crippen LogP contribution in [0, 0.1) is 0 Å². The summed E-state index contributed by atoms with van der Waals surface area (Å²) in [5, 5.41) is 0. The van der Waals surface area contributed by atoms with Crippen molar-refractivity contribution in [3.63, 3.8) is 0 Å². The van der Waals surface area contributed by atoms with Gasteiger partial charge in [0.15, 0.2) is 5.78 Å². The number of anilines is 1. The first kappa shape index (κ1) is 18.9. The summed E-state index contributed by atoms with van der Waals surface area (Å²) in [5.74, 6) is -0.865. The lowest BCUT2D eigenvalue weighted by atomic mass is 9.98. The van der Waals surface area contributed by atoms with Crippen molar-refractivity contribution in [2.24, 2.45) is 0 Å². The van der Waals surface area contributed by atoms with Crippen LogP contribution in [0.4, 0.5) is 25.1 Å². The van der Waals surface area contributed by atoms with E-state index in [1.807, 2.05) is 30.3 Å². The van der Waals surface area contributed by atoms with Crippen LogP contribution in [0.15, 0.2) is 77.7 Å². The SMILES string of the molecule is Nc1ccc(S(F)(F)(F)(F)F)cc1C(=O)c1ccc(-c2ccccc2)cc1. The summed E-state index contributed by atoms with van der Waals surface area (Å²) in [6.45, 7) is 0. The zero-order valence-electron chi connectivity index (χ0n) is 13.7. The molecule has 0 aliphatic rings. The molecule has 0 saturated carbocycles. The van der Waals surface area contributed by atoms with Crippen LogP contribution in [-0.4, -0.2) is 5.78 Å². The van der Waals surface area contributed by atoms with E-state index in [0.29, 0.717) is 6.07 Å². The minimum absolute atomic E-state index is 0.0423. The molecule has 0 radical (unpaired) electrons. The molecule has 0 atom stereocenters. The zero-order valence-corrected chi connectivity index (χ0v) is 14.5. The van der Waals surface area contributed by atoms with Gasteiger partial charge in [0, 0.05) is 16.8 Å². The number of benzene rings is 3. The summed E-state index contributed by atoms with van der Waals surface area (Å²) in [5.41, 5.74) is 6.36. The molecule has 0 saturated heterocycles. The highest BCUT2D eigenvalue weighted by Gasteiger charge is 2.65. The number of rotatable bonds is 4. The Kier molecular flexibility index (Phi) is 3.89. The monoisotopic (exact) mass is 399 g/mol. The molecule has 0 amide bonds. The lowest BCUT2D eigenvalue weighted by Gasteiger charge is -2.40. The largest absolute Gasteiger partial charge is 0.398 e. The zero-order chi connectivity index (χ0) is 19.9. The Balaban J connectivity index is 1.99. The molecule has 0 aliphatic heterocycles. The summed E-state index contributed by atoms with van der Waals surface area (Å²) >= 11 is 0. The van der Waals surface area contributed by atoms with Gasteiger partial charge in [0.25, 0.3) is 0 Å². The smallest absolute Gasteiger partial charge is 0.310 e. The van der Waals surface area contributed by atoms with E-state index in [2.05, 4.69) is 0 Å². The number of carbonyl (C=O) groups is 1. The fourth-order valence-corrected chi connectivity index (χ4v) is 3.24. The fourth-order valence-electron chi connectivity index (χ4n) is 2.57. The number of halogens is 5. The Morgan fingerprint density at radius 2 is 1.30 bits per heavy atom. The van der Waals surface area contributed by atoms with Gasteiger partial charge in [-0.2, -0.15) is 0 Å². The predicted octanol–water partition coefficient (Wildman–Crippen LogP) is 6.82. The first-order valence-corrected chi connectivity index (χ1v) is 9.64. The van der Waals surface area contributed by atoms with Gasteiger partial charge in [0.2, 0.25) is 0 Å². The molecule has 8 heteroatoms. The second kappa shape index (κ2) is 5.56. The molecule has 3 rings (SSSR count). The molecule has 2 nitrogen and oxygen atoms in total. The third-order valence-electron chi connectivity index (χ3n) is 3.97. The molecule has 0 spiro atoms. The Labute approximate surface area is 152 Å². The van der Waals surface area contributed by atoms with Crippen LogP contribution in [0.3, 0.4) is 0 Å². The van der Waals surface area contributed by atoms with Crippen LogP contribution in [0.25, 0.3) is 11.1 Å². The Bertz CT molecular complexity index is 1020. The van der Waals surface area contributed by atoms with Crippen LogP contribution in [-0.2, 0) is 0 Å². The summed E-state index contributed by atoms with van der Waals surface area (Å²) < 4.78 is 65.1. The topological polar surface area (TPSA) is 43.1 Å². The number of ketones is 1. The molecular formula is C19H14F5NOS. The summed E-state index contributed by atoms with van der Waals surface area (Å²) in [4.78, 5) is 10.4. The van der Waals surface area contributed by atoms with Crippen molar-refractivity contribution < 1.29 is 24.2 Å². The maximum Gasteiger partial charge on any atom is 0.310 e. The molecule has 0 heterocycles. The third-order valence-corrected chi connectivity index (χ3v) is 5.11. The molecule has 142 valence electrons. The van der Waals surface area contributed by atoms with E-state index in [1.54, 1.807) is 12.1 Å². The van der Waals surface area contributed by atoms with Crippen LogP contribution in [0.2, 0.25) is 0 Å². The quantitative estimate of drug-likeness (QED) is 0.297. The van der Waals surface area contributed by atoms with Crippen LogP contribution >= 0.6 is 10.2 Å². The van der Waals surface area contributed by atoms with Crippen molar-refractivity contribution in [3.05, 3.63) is 83.9 Å². The van der Waals surface area contributed by atoms with Crippen LogP contribution in [0.1, 0.15) is 15.9 Å². The molecule has 27 heavy (non-hydrogen) atoms. The predicted molar refractivity (Wildman–Crippen MR) is 97.6 cm³/mol. The van der Waals surface area contributed by atoms with Gasteiger partial charge in [-0.05, 0) is 29.3 Å². The number of hydrogen-bond donors (Lipinski definition) is 1. The summed E-state index contributed by atoms with van der Waals surface area (Å²) in [7, 11) is -9.91. The molecule has 2 N–H and O–H groups in total. The van der Waals surface area contributed by atoms with Crippen molar-refractivity contribution in [2.45, 2.75) is 4.90 Å². The van der Waals surface area contributed by atoms with Gasteiger partial charge in [-0.25, -0.2) is 0 Å². The maximum atomic E-state index is 13.0. The van der Waals surface area contributed by atoms with Gasteiger partial charge in [-0.15, -0.1) is 0 Å². The van der Waals surface area contributed by atoms with Gasteiger partial charge in [0.1, 0.15) is 4.90 Å². The number of nitrogen functional groups attached to an aromatic ring is 1. The second-order valence-electron chi connectivity index (χ2n) is 5.99. The third kappa shape index (κ3) is 4.11. The van der Waals surface area contributed by atoms with Crippen molar-refractivity contribution >= 4 is 21.7 Å². The molecule has 0 fully saturated rings. The molecule has 0 aromatic heterocycles. The number of hydrogen-bond acceptors (Lipinski definition) is 2. The summed E-state index contributed by atoms with van der Waals surface area (Å²) in [6.07, 6.45) is 0. The van der Waals surface area contributed by atoms with Gasteiger partial charge < -0.3 is 5.73 Å².